The molecule has 0 saturated carbocycles. The molecule has 2 N–H and O–H groups in total. The fourth-order valence-corrected chi connectivity index (χ4v) is 3.26. The zero-order valence-electron chi connectivity index (χ0n) is 15.0. The highest BCUT2D eigenvalue weighted by molar-refractivity contribution is 6.33. The second-order valence-corrected chi connectivity index (χ2v) is 6.84. The van der Waals surface area contributed by atoms with Crippen LogP contribution >= 0.6 is 11.6 Å². The molecule has 0 bridgehead atoms. The highest BCUT2D eigenvalue weighted by atomic mass is 35.5. The Balaban J connectivity index is 1.65. The molecule has 2 aromatic heterocycles. The zero-order chi connectivity index (χ0) is 19.2. The summed E-state index contributed by atoms with van der Waals surface area (Å²) in [6, 6.07) is 1.65. The Morgan fingerprint density at radius 3 is 2.78 bits per heavy atom. The average molecular weight is 389 g/mol. The summed E-state index contributed by atoms with van der Waals surface area (Å²) in [4.78, 5) is 36.7. The molecule has 27 heavy (non-hydrogen) atoms. The number of rotatable bonds is 6. The maximum Gasteiger partial charge on any atom is 0.219 e. The van der Waals surface area contributed by atoms with Crippen LogP contribution in [0.15, 0.2) is 24.7 Å². The number of nitrogens with one attached hydrogen (secondary N) is 2. The van der Waals surface area contributed by atoms with Gasteiger partial charge in [-0.15, -0.1) is 0 Å². The topological polar surface area (TPSA) is 100 Å². The number of anilines is 2. The van der Waals surface area contributed by atoms with Crippen LogP contribution in [0.5, 0.6) is 0 Å². The summed E-state index contributed by atoms with van der Waals surface area (Å²) in [5, 5.41) is 6.24. The van der Waals surface area contributed by atoms with Crippen molar-refractivity contribution in [2.75, 3.05) is 30.3 Å². The highest BCUT2D eigenvalue weighted by Gasteiger charge is 2.20. The number of pyridine rings is 1. The van der Waals surface area contributed by atoms with Gasteiger partial charge in [0.15, 0.2) is 0 Å². The Morgan fingerprint density at radius 2 is 2.07 bits per heavy atom. The molecule has 0 radical (unpaired) electrons. The lowest BCUT2D eigenvalue weighted by Crippen LogP contribution is -2.38. The number of hydrogen-bond acceptors (Lipinski definition) is 6. The summed E-state index contributed by atoms with van der Waals surface area (Å²) in [6.07, 6.45) is 7.23. The third kappa shape index (κ3) is 4.91. The second kappa shape index (κ2) is 8.77. The average Bonchev–Trinajstić information content (AvgIpc) is 2.68. The van der Waals surface area contributed by atoms with E-state index in [9.17, 15) is 9.59 Å². The molecule has 3 heterocycles. The van der Waals surface area contributed by atoms with E-state index in [2.05, 4.69) is 25.6 Å². The largest absolute Gasteiger partial charge is 0.368 e. The van der Waals surface area contributed by atoms with Gasteiger partial charge in [0, 0.05) is 38.3 Å². The van der Waals surface area contributed by atoms with Crippen molar-refractivity contribution < 1.29 is 9.59 Å². The van der Waals surface area contributed by atoms with Gasteiger partial charge in [-0.1, -0.05) is 11.6 Å². The van der Waals surface area contributed by atoms with Crippen molar-refractivity contribution in [3.63, 3.8) is 0 Å². The van der Waals surface area contributed by atoms with E-state index in [4.69, 9.17) is 11.6 Å². The van der Waals surface area contributed by atoms with E-state index in [1.807, 2.05) is 4.90 Å². The first-order chi connectivity index (χ1) is 13.1. The number of hydrogen-bond donors (Lipinski definition) is 2. The van der Waals surface area contributed by atoms with Crippen LogP contribution in [0.4, 0.5) is 11.6 Å². The third-order valence-corrected chi connectivity index (χ3v) is 4.91. The van der Waals surface area contributed by atoms with Gasteiger partial charge >= 0.3 is 0 Å². The van der Waals surface area contributed by atoms with Crippen LogP contribution in [0, 0.1) is 5.92 Å². The number of carbonyl (C=O) groups is 2. The lowest BCUT2D eigenvalue weighted by molar-refractivity contribution is -0.130. The van der Waals surface area contributed by atoms with Gasteiger partial charge in [0.2, 0.25) is 12.3 Å². The second-order valence-electron chi connectivity index (χ2n) is 6.43. The van der Waals surface area contributed by atoms with E-state index in [0.717, 1.165) is 32.5 Å². The lowest BCUT2D eigenvalue weighted by atomic mass is 9.97. The molecule has 1 saturated heterocycles. The number of likely N-dealkylation sites (tertiary alicyclic amines) is 1. The van der Waals surface area contributed by atoms with Crippen molar-refractivity contribution in [3.8, 4) is 11.3 Å². The fourth-order valence-electron chi connectivity index (χ4n) is 3.06. The molecule has 0 aromatic carbocycles. The van der Waals surface area contributed by atoms with Crippen molar-refractivity contribution in [2.45, 2.75) is 19.8 Å². The van der Waals surface area contributed by atoms with Crippen LogP contribution in [0.1, 0.15) is 19.8 Å². The molecule has 1 fully saturated rings. The van der Waals surface area contributed by atoms with Crippen molar-refractivity contribution >= 4 is 35.6 Å². The summed E-state index contributed by atoms with van der Waals surface area (Å²) < 4.78 is 0. The van der Waals surface area contributed by atoms with Gasteiger partial charge in [0.05, 0.1) is 23.1 Å². The molecule has 0 spiro atoms. The minimum atomic E-state index is 0.137. The zero-order valence-corrected chi connectivity index (χ0v) is 15.7. The molecule has 2 amide bonds. The predicted octanol–water partition coefficient (Wildman–Crippen LogP) is 2.43. The Bertz CT molecular complexity index is 823. The molecule has 3 rings (SSSR count). The summed E-state index contributed by atoms with van der Waals surface area (Å²) in [6.45, 7) is 3.98. The quantitative estimate of drug-likeness (QED) is 0.737. The van der Waals surface area contributed by atoms with Gasteiger partial charge in [-0.2, -0.15) is 0 Å². The standard InChI is InChI=1S/C18H21ClN6O2/c1-12(27)25-4-2-13(3-5-25)7-21-18-10-20-9-16(24-18)14-6-17(23-11-26)22-8-15(14)19/h6,8-11,13H,2-5,7H2,1H3,(H,21,24)(H,22,23,26). The smallest absolute Gasteiger partial charge is 0.219 e. The van der Waals surface area contributed by atoms with Gasteiger partial charge < -0.3 is 15.5 Å². The number of halogens is 1. The first kappa shape index (κ1) is 19.0. The minimum absolute atomic E-state index is 0.137. The van der Waals surface area contributed by atoms with E-state index >= 15 is 0 Å². The Labute approximate surface area is 162 Å². The Kier molecular flexibility index (Phi) is 6.18. The monoisotopic (exact) mass is 388 g/mol. The van der Waals surface area contributed by atoms with Crippen LogP contribution in [0.25, 0.3) is 11.3 Å². The summed E-state index contributed by atoms with van der Waals surface area (Å²) >= 11 is 6.22. The molecule has 9 heteroatoms. The van der Waals surface area contributed by atoms with Crippen LogP contribution < -0.4 is 10.6 Å². The van der Waals surface area contributed by atoms with E-state index in [0.29, 0.717) is 40.2 Å². The predicted molar refractivity (Wildman–Crippen MR) is 103 cm³/mol. The Morgan fingerprint density at radius 1 is 1.30 bits per heavy atom. The van der Waals surface area contributed by atoms with Crippen molar-refractivity contribution in [1.29, 1.82) is 0 Å². The maximum atomic E-state index is 11.4. The van der Waals surface area contributed by atoms with Crippen molar-refractivity contribution in [1.82, 2.24) is 19.9 Å². The number of carbonyl (C=O) groups excluding carboxylic acids is 2. The summed E-state index contributed by atoms with van der Waals surface area (Å²) in [5.41, 5.74) is 1.23. The Hall–Kier alpha value is -2.74. The van der Waals surface area contributed by atoms with Gasteiger partial charge in [-0.05, 0) is 24.8 Å². The van der Waals surface area contributed by atoms with E-state index in [1.54, 1.807) is 25.4 Å². The molecule has 0 atom stereocenters. The lowest BCUT2D eigenvalue weighted by Gasteiger charge is -2.31. The highest BCUT2D eigenvalue weighted by Crippen LogP contribution is 2.28. The third-order valence-electron chi connectivity index (χ3n) is 4.60. The molecule has 1 aliphatic rings. The van der Waals surface area contributed by atoms with E-state index < -0.39 is 0 Å². The van der Waals surface area contributed by atoms with Crippen LogP contribution in [-0.4, -0.2) is 51.8 Å². The van der Waals surface area contributed by atoms with E-state index in [-0.39, 0.29) is 5.91 Å². The normalized spacial score (nSPS) is 14.7. The molecule has 1 aliphatic heterocycles. The molecule has 142 valence electrons. The molecule has 2 aromatic rings. The molecule has 8 nitrogen and oxygen atoms in total. The van der Waals surface area contributed by atoms with Gasteiger partial charge in [0.1, 0.15) is 11.6 Å². The van der Waals surface area contributed by atoms with E-state index in [1.165, 1.54) is 6.20 Å². The SMILES string of the molecule is CC(=O)N1CCC(CNc2cncc(-c3cc(NC=O)ncc3Cl)n2)CC1. The molecule has 0 aliphatic carbocycles. The molecule has 0 unspecified atom stereocenters. The summed E-state index contributed by atoms with van der Waals surface area (Å²) in [5.74, 6) is 1.66. The minimum Gasteiger partial charge on any atom is -0.368 e. The van der Waals surface area contributed by atoms with Gasteiger partial charge in [-0.3, -0.25) is 14.6 Å². The van der Waals surface area contributed by atoms with Gasteiger partial charge in [0.25, 0.3) is 0 Å². The number of piperidine rings is 1. The molecular formula is C18H21ClN6O2. The number of nitrogens with zero attached hydrogens (tertiary/aromatic N) is 4. The van der Waals surface area contributed by atoms with Crippen LogP contribution in [0.2, 0.25) is 5.02 Å². The number of amides is 2. The van der Waals surface area contributed by atoms with Crippen molar-refractivity contribution in [2.24, 2.45) is 5.92 Å². The van der Waals surface area contributed by atoms with Gasteiger partial charge in [-0.25, -0.2) is 9.97 Å². The van der Waals surface area contributed by atoms with Crippen LogP contribution in [-0.2, 0) is 9.59 Å². The first-order valence-corrected chi connectivity index (χ1v) is 9.12. The van der Waals surface area contributed by atoms with Crippen LogP contribution in [0.3, 0.4) is 0 Å². The molecular weight excluding hydrogens is 368 g/mol. The van der Waals surface area contributed by atoms with Crippen molar-refractivity contribution in [3.05, 3.63) is 29.7 Å². The maximum absolute atomic E-state index is 11.4. The first-order valence-electron chi connectivity index (χ1n) is 8.74. The summed E-state index contributed by atoms with van der Waals surface area (Å²) in [7, 11) is 0. The fraction of sp³-hybridized carbons (Fsp3) is 0.389. The number of aromatic nitrogens is 3.